The van der Waals surface area contributed by atoms with Crippen molar-refractivity contribution in [3.8, 4) is 0 Å². The van der Waals surface area contributed by atoms with Gasteiger partial charge in [-0.25, -0.2) is 4.39 Å². The van der Waals surface area contributed by atoms with E-state index in [0.29, 0.717) is 13.0 Å². The summed E-state index contributed by atoms with van der Waals surface area (Å²) in [6, 6.07) is 6.38. The van der Waals surface area contributed by atoms with Gasteiger partial charge in [0.05, 0.1) is 0 Å². The van der Waals surface area contributed by atoms with Crippen LogP contribution < -0.4 is 5.32 Å². The van der Waals surface area contributed by atoms with E-state index in [1.807, 2.05) is 6.92 Å². The fourth-order valence-electron chi connectivity index (χ4n) is 1.84. The van der Waals surface area contributed by atoms with Crippen molar-refractivity contribution in [2.45, 2.75) is 19.4 Å². The Balaban J connectivity index is 2.12. The summed E-state index contributed by atoms with van der Waals surface area (Å²) >= 11 is 0. The summed E-state index contributed by atoms with van der Waals surface area (Å²) in [5.74, 6) is 0.138. The maximum absolute atomic E-state index is 12.7. The molecule has 1 aliphatic heterocycles. The second-order valence-electron chi connectivity index (χ2n) is 4.08. The molecule has 2 atom stereocenters. The number of hydrogen-bond acceptors (Lipinski definition) is 2. The van der Waals surface area contributed by atoms with E-state index in [1.54, 1.807) is 12.1 Å². The maximum Gasteiger partial charge on any atom is 0.138 e. The molecule has 2 rings (SSSR count). The minimum absolute atomic E-state index is 0.0503. The standard InChI is InChI=1S/C12H14FNO/c1-8-7-14-11(6-12(8)15)9-2-4-10(13)5-3-9/h2-5,8,11,14H,6-7H2,1H3. The van der Waals surface area contributed by atoms with Crippen LogP contribution in [0.1, 0.15) is 24.9 Å². The first kappa shape index (κ1) is 10.3. The summed E-state index contributed by atoms with van der Waals surface area (Å²) in [4.78, 5) is 11.5. The molecule has 0 bridgehead atoms. The molecule has 0 amide bonds. The number of hydrogen-bond donors (Lipinski definition) is 1. The van der Waals surface area contributed by atoms with Gasteiger partial charge < -0.3 is 5.32 Å². The highest BCUT2D eigenvalue weighted by Crippen LogP contribution is 2.23. The molecule has 0 spiro atoms. The van der Waals surface area contributed by atoms with E-state index in [1.165, 1.54) is 12.1 Å². The van der Waals surface area contributed by atoms with E-state index in [4.69, 9.17) is 0 Å². The molecular weight excluding hydrogens is 193 g/mol. The minimum Gasteiger partial charge on any atom is -0.309 e. The molecule has 0 radical (unpaired) electrons. The van der Waals surface area contributed by atoms with Crippen molar-refractivity contribution in [3.63, 3.8) is 0 Å². The van der Waals surface area contributed by atoms with Crippen molar-refractivity contribution in [1.29, 1.82) is 0 Å². The third kappa shape index (κ3) is 2.23. The molecular formula is C12H14FNO. The summed E-state index contributed by atoms with van der Waals surface area (Å²) in [5.41, 5.74) is 0.983. The van der Waals surface area contributed by atoms with Gasteiger partial charge in [-0.15, -0.1) is 0 Å². The van der Waals surface area contributed by atoms with Crippen LogP contribution in [0.15, 0.2) is 24.3 Å². The van der Waals surface area contributed by atoms with Crippen LogP contribution in [0, 0.1) is 11.7 Å². The lowest BCUT2D eigenvalue weighted by molar-refractivity contribution is -0.124. The highest BCUT2D eigenvalue weighted by atomic mass is 19.1. The number of carbonyl (C=O) groups is 1. The van der Waals surface area contributed by atoms with Crippen LogP contribution in [0.3, 0.4) is 0 Å². The average molecular weight is 207 g/mol. The lowest BCUT2D eigenvalue weighted by atomic mass is 9.91. The van der Waals surface area contributed by atoms with Crippen molar-refractivity contribution in [2.24, 2.45) is 5.92 Å². The lowest BCUT2D eigenvalue weighted by Gasteiger charge is -2.27. The maximum atomic E-state index is 12.7. The largest absolute Gasteiger partial charge is 0.309 e. The minimum atomic E-state index is -0.241. The molecule has 2 nitrogen and oxygen atoms in total. The topological polar surface area (TPSA) is 29.1 Å². The number of rotatable bonds is 1. The molecule has 3 heteroatoms. The first-order valence-electron chi connectivity index (χ1n) is 5.18. The number of halogens is 1. The lowest BCUT2D eigenvalue weighted by Crippen LogP contribution is -2.37. The second-order valence-corrected chi connectivity index (χ2v) is 4.08. The van der Waals surface area contributed by atoms with Gasteiger partial charge in [0, 0.05) is 24.9 Å². The number of ketones is 1. The predicted molar refractivity (Wildman–Crippen MR) is 55.9 cm³/mol. The Morgan fingerprint density at radius 2 is 2.00 bits per heavy atom. The van der Waals surface area contributed by atoms with Crippen LogP contribution >= 0.6 is 0 Å². The first-order valence-corrected chi connectivity index (χ1v) is 5.18. The second kappa shape index (κ2) is 4.11. The summed E-state index contributed by atoms with van der Waals surface area (Å²) in [6.45, 7) is 2.64. The molecule has 1 N–H and O–H groups in total. The van der Waals surface area contributed by atoms with E-state index < -0.39 is 0 Å². The van der Waals surface area contributed by atoms with E-state index in [0.717, 1.165) is 5.56 Å². The van der Waals surface area contributed by atoms with Crippen LogP contribution in [-0.2, 0) is 4.79 Å². The molecule has 1 aromatic rings. The molecule has 15 heavy (non-hydrogen) atoms. The van der Waals surface area contributed by atoms with Crippen LogP contribution in [-0.4, -0.2) is 12.3 Å². The average Bonchev–Trinajstić information content (AvgIpc) is 2.23. The van der Waals surface area contributed by atoms with E-state index >= 15 is 0 Å². The Labute approximate surface area is 88.5 Å². The van der Waals surface area contributed by atoms with Gasteiger partial charge in [-0.2, -0.15) is 0 Å². The van der Waals surface area contributed by atoms with Crippen LogP contribution in [0.5, 0.6) is 0 Å². The molecule has 2 unspecified atom stereocenters. The third-order valence-corrected chi connectivity index (χ3v) is 2.90. The number of carbonyl (C=O) groups excluding carboxylic acids is 1. The summed E-state index contributed by atoms with van der Waals surface area (Å²) in [7, 11) is 0. The van der Waals surface area contributed by atoms with Crippen molar-refractivity contribution in [2.75, 3.05) is 6.54 Å². The molecule has 1 aliphatic rings. The quantitative estimate of drug-likeness (QED) is 0.763. The normalized spacial score (nSPS) is 26.7. The molecule has 1 aromatic carbocycles. The van der Waals surface area contributed by atoms with Gasteiger partial charge >= 0.3 is 0 Å². The van der Waals surface area contributed by atoms with E-state index in [2.05, 4.69) is 5.32 Å². The zero-order chi connectivity index (χ0) is 10.8. The SMILES string of the molecule is CC1CNC(c2ccc(F)cc2)CC1=O. The highest BCUT2D eigenvalue weighted by Gasteiger charge is 2.25. The molecule has 1 fully saturated rings. The smallest absolute Gasteiger partial charge is 0.138 e. The number of nitrogens with one attached hydrogen (secondary N) is 1. The first-order chi connectivity index (χ1) is 7.16. The van der Waals surface area contributed by atoms with Gasteiger partial charge in [-0.05, 0) is 17.7 Å². The Kier molecular flexibility index (Phi) is 2.82. The molecule has 0 aliphatic carbocycles. The monoisotopic (exact) mass is 207 g/mol. The molecule has 1 heterocycles. The summed E-state index contributed by atoms with van der Waals surface area (Å²) in [5, 5.41) is 3.29. The third-order valence-electron chi connectivity index (χ3n) is 2.90. The predicted octanol–water partition coefficient (Wildman–Crippen LogP) is 2.07. The number of piperidine rings is 1. The van der Waals surface area contributed by atoms with Gasteiger partial charge in [-0.1, -0.05) is 19.1 Å². The Morgan fingerprint density at radius 1 is 1.33 bits per heavy atom. The van der Waals surface area contributed by atoms with Gasteiger partial charge in [0.25, 0.3) is 0 Å². The molecule has 1 saturated heterocycles. The van der Waals surface area contributed by atoms with Crippen LogP contribution in [0.4, 0.5) is 4.39 Å². The van der Waals surface area contributed by atoms with Crippen LogP contribution in [0.25, 0.3) is 0 Å². The van der Waals surface area contributed by atoms with Gasteiger partial charge in [0.15, 0.2) is 0 Å². The highest BCUT2D eigenvalue weighted by molar-refractivity contribution is 5.82. The number of benzene rings is 1. The zero-order valence-corrected chi connectivity index (χ0v) is 8.66. The fraction of sp³-hybridized carbons (Fsp3) is 0.417. The van der Waals surface area contributed by atoms with Crippen molar-refractivity contribution < 1.29 is 9.18 Å². The Bertz CT molecular complexity index is 360. The van der Waals surface area contributed by atoms with E-state index in [9.17, 15) is 9.18 Å². The summed E-state index contributed by atoms with van der Waals surface area (Å²) < 4.78 is 12.7. The van der Waals surface area contributed by atoms with Gasteiger partial charge in [0.1, 0.15) is 11.6 Å². The molecule has 80 valence electrons. The van der Waals surface area contributed by atoms with E-state index in [-0.39, 0.29) is 23.6 Å². The van der Waals surface area contributed by atoms with Crippen LogP contribution in [0.2, 0.25) is 0 Å². The van der Waals surface area contributed by atoms with Gasteiger partial charge in [0.2, 0.25) is 0 Å². The Hall–Kier alpha value is -1.22. The van der Waals surface area contributed by atoms with Crippen molar-refractivity contribution in [1.82, 2.24) is 5.32 Å². The molecule has 0 saturated carbocycles. The van der Waals surface area contributed by atoms with Gasteiger partial charge in [-0.3, -0.25) is 4.79 Å². The Morgan fingerprint density at radius 3 is 2.60 bits per heavy atom. The van der Waals surface area contributed by atoms with Crippen molar-refractivity contribution >= 4 is 5.78 Å². The van der Waals surface area contributed by atoms with Crippen molar-refractivity contribution in [3.05, 3.63) is 35.6 Å². The molecule has 0 aromatic heterocycles. The summed E-state index contributed by atoms with van der Waals surface area (Å²) in [6.07, 6.45) is 0.507. The number of Topliss-reactive ketones (excluding diaryl/α,β-unsaturated/α-hetero) is 1. The fourth-order valence-corrected chi connectivity index (χ4v) is 1.84. The zero-order valence-electron chi connectivity index (χ0n) is 8.66.